The number of hydrogen-bond acceptors (Lipinski definition) is 7. The van der Waals surface area contributed by atoms with E-state index < -0.39 is 15.0 Å². The largest absolute Gasteiger partial charge is 0.507 e. The SMILES string of the molecule is CCOc1cc(O)c(-c2nc(-c3ccccc3)nc(-c3ccccc3)n2)cc1S(=O)(=O)O. The number of rotatable bonds is 6. The number of nitrogens with zero attached hydrogens (tertiary/aromatic N) is 3. The Labute approximate surface area is 185 Å². The Kier molecular flexibility index (Phi) is 5.85. The summed E-state index contributed by atoms with van der Waals surface area (Å²) >= 11 is 0. The molecule has 0 aliphatic carbocycles. The second kappa shape index (κ2) is 8.74. The number of hydrogen-bond donors (Lipinski definition) is 2. The summed E-state index contributed by atoms with van der Waals surface area (Å²) in [6, 6.07) is 20.6. The Bertz CT molecular complexity index is 1300. The van der Waals surface area contributed by atoms with Crippen LogP contribution >= 0.6 is 0 Å². The van der Waals surface area contributed by atoms with Gasteiger partial charge in [0.05, 0.1) is 12.2 Å². The van der Waals surface area contributed by atoms with Crippen LogP contribution in [0.4, 0.5) is 0 Å². The van der Waals surface area contributed by atoms with Crippen molar-refractivity contribution < 1.29 is 22.8 Å². The van der Waals surface area contributed by atoms with E-state index in [2.05, 4.69) is 15.0 Å². The van der Waals surface area contributed by atoms with Crippen LogP contribution in [-0.2, 0) is 10.1 Å². The summed E-state index contributed by atoms with van der Waals surface area (Å²) in [5, 5.41) is 10.6. The molecule has 2 N–H and O–H groups in total. The molecule has 0 unspecified atom stereocenters. The second-order valence-corrected chi connectivity index (χ2v) is 8.15. The Balaban J connectivity index is 1.97. The zero-order valence-corrected chi connectivity index (χ0v) is 17.8. The van der Waals surface area contributed by atoms with Gasteiger partial charge < -0.3 is 9.84 Å². The van der Waals surface area contributed by atoms with E-state index in [-0.39, 0.29) is 29.5 Å². The number of ether oxygens (including phenoxy) is 1. The molecule has 162 valence electrons. The average Bonchev–Trinajstić information content (AvgIpc) is 2.79. The Morgan fingerprint density at radius 2 is 1.31 bits per heavy atom. The first kappa shape index (κ1) is 21.4. The van der Waals surface area contributed by atoms with Crippen molar-refractivity contribution in [2.45, 2.75) is 11.8 Å². The van der Waals surface area contributed by atoms with Crippen molar-refractivity contribution in [3.63, 3.8) is 0 Å². The minimum Gasteiger partial charge on any atom is -0.507 e. The van der Waals surface area contributed by atoms with Crippen LogP contribution < -0.4 is 4.74 Å². The maximum absolute atomic E-state index is 11.9. The molecule has 3 aromatic carbocycles. The molecule has 0 spiro atoms. The van der Waals surface area contributed by atoms with Gasteiger partial charge in [-0.2, -0.15) is 8.42 Å². The van der Waals surface area contributed by atoms with Crippen LogP contribution in [0.3, 0.4) is 0 Å². The zero-order valence-electron chi connectivity index (χ0n) is 17.0. The fourth-order valence-corrected chi connectivity index (χ4v) is 3.77. The third-order valence-electron chi connectivity index (χ3n) is 4.58. The molecule has 0 fully saturated rings. The molecule has 8 nitrogen and oxygen atoms in total. The van der Waals surface area contributed by atoms with Gasteiger partial charge in [0.1, 0.15) is 16.4 Å². The maximum Gasteiger partial charge on any atom is 0.298 e. The Hall–Kier alpha value is -3.82. The Morgan fingerprint density at radius 1 is 0.812 bits per heavy atom. The molecule has 1 heterocycles. The van der Waals surface area contributed by atoms with E-state index in [0.717, 1.165) is 12.1 Å². The highest BCUT2D eigenvalue weighted by Crippen LogP contribution is 2.37. The third-order valence-corrected chi connectivity index (χ3v) is 5.45. The molecule has 9 heteroatoms. The number of aromatic nitrogens is 3. The first-order valence-electron chi connectivity index (χ1n) is 9.71. The molecule has 0 bridgehead atoms. The molecule has 0 amide bonds. The lowest BCUT2D eigenvalue weighted by Crippen LogP contribution is -2.05. The fraction of sp³-hybridized carbons (Fsp3) is 0.0870. The molecule has 0 saturated heterocycles. The lowest BCUT2D eigenvalue weighted by atomic mass is 10.1. The van der Waals surface area contributed by atoms with Crippen LogP contribution in [0, 0.1) is 0 Å². The minimum absolute atomic E-state index is 0.0119. The van der Waals surface area contributed by atoms with E-state index in [1.807, 2.05) is 60.7 Å². The summed E-state index contributed by atoms with van der Waals surface area (Å²) in [5.41, 5.74) is 1.44. The van der Waals surface area contributed by atoms with Gasteiger partial charge in [-0.15, -0.1) is 0 Å². The topological polar surface area (TPSA) is 122 Å². The Morgan fingerprint density at radius 3 is 1.78 bits per heavy atom. The quantitative estimate of drug-likeness (QED) is 0.420. The normalized spacial score (nSPS) is 11.3. The zero-order chi connectivity index (χ0) is 22.7. The highest BCUT2D eigenvalue weighted by atomic mass is 32.2. The van der Waals surface area contributed by atoms with Crippen LogP contribution in [0.5, 0.6) is 11.5 Å². The van der Waals surface area contributed by atoms with Crippen molar-refractivity contribution in [3.8, 4) is 45.7 Å². The molecule has 0 radical (unpaired) electrons. The third kappa shape index (κ3) is 4.43. The molecule has 1 aromatic heterocycles. The minimum atomic E-state index is -4.63. The molecule has 32 heavy (non-hydrogen) atoms. The van der Waals surface area contributed by atoms with E-state index in [9.17, 15) is 18.1 Å². The highest BCUT2D eigenvalue weighted by Gasteiger charge is 2.23. The van der Waals surface area contributed by atoms with Gasteiger partial charge in [0.15, 0.2) is 17.5 Å². The molecular weight excluding hydrogens is 430 g/mol. The van der Waals surface area contributed by atoms with Gasteiger partial charge in [0, 0.05) is 17.2 Å². The molecule has 4 aromatic rings. The maximum atomic E-state index is 11.9. The predicted octanol–water partition coefficient (Wildman–Crippen LogP) is 4.22. The summed E-state index contributed by atoms with van der Waals surface area (Å²) in [4.78, 5) is 13.0. The monoisotopic (exact) mass is 449 g/mol. The fourth-order valence-electron chi connectivity index (χ4n) is 3.13. The van der Waals surface area contributed by atoms with Crippen LogP contribution in [0.15, 0.2) is 77.7 Å². The summed E-state index contributed by atoms with van der Waals surface area (Å²) in [6.07, 6.45) is 0. The van der Waals surface area contributed by atoms with E-state index in [4.69, 9.17) is 4.74 Å². The van der Waals surface area contributed by atoms with E-state index in [1.54, 1.807) is 6.92 Å². The van der Waals surface area contributed by atoms with Crippen LogP contribution in [-0.4, -0.2) is 39.6 Å². The summed E-state index contributed by atoms with van der Waals surface area (Å²) in [5.74, 6) is 0.261. The van der Waals surface area contributed by atoms with Crippen molar-refractivity contribution in [1.82, 2.24) is 15.0 Å². The van der Waals surface area contributed by atoms with Gasteiger partial charge in [-0.1, -0.05) is 60.7 Å². The molecule has 0 aliphatic rings. The molecule has 0 aliphatic heterocycles. The lowest BCUT2D eigenvalue weighted by molar-refractivity contribution is 0.327. The van der Waals surface area contributed by atoms with Gasteiger partial charge in [-0.3, -0.25) is 4.55 Å². The number of phenols is 1. The van der Waals surface area contributed by atoms with E-state index in [1.165, 1.54) is 0 Å². The average molecular weight is 449 g/mol. The number of phenolic OH excluding ortho intramolecular Hbond substituents is 1. The first-order valence-corrected chi connectivity index (χ1v) is 11.2. The van der Waals surface area contributed by atoms with Crippen molar-refractivity contribution in [3.05, 3.63) is 72.8 Å². The lowest BCUT2D eigenvalue weighted by Gasteiger charge is -2.13. The first-order chi connectivity index (χ1) is 15.4. The van der Waals surface area contributed by atoms with Gasteiger partial charge in [-0.05, 0) is 13.0 Å². The number of aromatic hydroxyl groups is 1. The summed E-state index contributed by atoms with van der Waals surface area (Å²) in [6.45, 7) is 1.80. The van der Waals surface area contributed by atoms with E-state index >= 15 is 0 Å². The molecular formula is C23H19N3O5S. The van der Waals surface area contributed by atoms with Crippen molar-refractivity contribution in [2.24, 2.45) is 0 Å². The van der Waals surface area contributed by atoms with Crippen molar-refractivity contribution in [1.29, 1.82) is 0 Å². The molecule has 0 saturated carbocycles. The van der Waals surface area contributed by atoms with Crippen LogP contribution in [0.1, 0.15) is 6.92 Å². The van der Waals surface area contributed by atoms with Gasteiger partial charge in [0.25, 0.3) is 10.1 Å². The van der Waals surface area contributed by atoms with Gasteiger partial charge in [0.2, 0.25) is 0 Å². The van der Waals surface area contributed by atoms with Gasteiger partial charge >= 0.3 is 0 Å². The van der Waals surface area contributed by atoms with Crippen molar-refractivity contribution in [2.75, 3.05) is 6.61 Å². The molecule has 4 rings (SSSR count). The molecule has 0 atom stereocenters. The summed E-state index contributed by atoms with van der Waals surface area (Å²) in [7, 11) is -4.63. The standard InChI is InChI=1S/C23H19N3O5S/c1-2-31-19-14-18(27)17(13-20(19)32(28,29)30)23-25-21(15-9-5-3-6-10-15)24-22(26-23)16-11-7-4-8-12-16/h3-14,27H,2H2,1H3,(H,28,29,30). The number of benzene rings is 3. The highest BCUT2D eigenvalue weighted by molar-refractivity contribution is 7.86. The summed E-state index contributed by atoms with van der Waals surface area (Å²) < 4.78 is 38.8. The van der Waals surface area contributed by atoms with Crippen LogP contribution in [0.25, 0.3) is 34.2 Å². The van der Waals surface area contributed by atoms with E-state index in [0.29, 0.717) is 22.8 Å². The van der Waals surface area contributed by atoms with Crippen LogP contribution in [0.2, 0.25) is 0 Å². The second-order valence-electron chi connectivity index (χ2n) is 6.76. The van der Waals surface area contributed by atoms with Gasteiger partial charge in [-0.25, -0.2) is 15.0 Å². The predicted molar refractivity (Wildman–Crippen MR) is 119 cm³/mol. The smallest absolute Gasteiger partial charge is 0.298 e. The van der Waals surface area contributed by atoms with Crippen molar-refractivity contribution >= 4 is 10.1 Å².